The lowest BCUT2D eigenvalue weighted by Crippen LogP contribution is -2.37. The third-order valence-electron chi connectivity index (χ3n) is 4.04. The first-order valence-corrected chi connectivity index (χ1v) is 9.97. The summed E-state index contributed by atoms with van der Waals surface area (Å²) in [7, 11) is -1.60. The van der Waals surface area contributed by atoms with E-state index in [9.17, 15) is 8.42 Å². The van der Waals surface area contributed by atoms with Crippen molar-refractivity contribution in [1.82, 2.24) is 9.62 Å². The molecule has 0 aromatic carbocycles. The summed E-state index contributed by atoms with van der Waals surface area (Å²) in [6.45, 7) is 4.90. The van der Waals surface area contributed by atoms with Gasteiger partial charge in [-0.05, 0) is 25.0 Å². The van der Waals surface area contributed by atoms with Crippen LogP contribution in [0.4, 0.5) is 0 Å². The van der Waals surface area contributed by atoms with Crippen LogP contribution < -0.4 is 5.32 Å². The Morgan fingerprint density at radius 1 is 1.29 bits per heavy atom. The summed E-state index contributed by atoms with van der Waals surface area (Å²) in [6.07, 6.45) is 5.48. The van der Waals surface area contributed by atoms with Gasteiger partial charge < -0.3 is 5.32 Å². The Morgan fingerprint density at radius 2 is 1.95 bits per heavy atom. The molecule has 0 aliphatic heterocycles. The smallest absolute Gasteiger partial charge is 0.252 e. The molecular weight excluding hydrogens is 304 g/mol. The van der Waals surface area contributed by atoms with Gasteiger partial charge in [0, 0.05) is 30.6 Å². The Kier molecular flexibility index (Phi) is 5.82. The third-order valence-corrected chi connectivity index (χ3v) is 7.51. The van der Waals surface area contributed by atoms with Crippen LogP contribution in [0.3, 0.4) is 0 Å². The number of sulfonamides is 1. The Labute approximate surface area is 132 Å². The van der Waals surface area contributed by atoms with Crippen molar-refractivity contribution in [3.05, 3.63) is 17.0 Å². The van der Waals surface area contributed by atoms with Gasteiger partial charge in [0.15, 0.2) is 0 Å². The summed E-state index contributed by atoms with van der Waals surface area (Å²) in [6, 6.07) is 4.23. The van der Waals surface area contributed by atoms with Gasteiger partial charge in [-0.2, -0.15) is 4.31 Å². The highest BCUT2D eigenvalue weighted by atomic mass is 32.2. The Balaban J connectivity index is 2.07. The number of thiophene rings is 1. The molecule has 0 radical (unpaired) electrons. The van der Waals surface area contributed by atoms with E-state index >= 15 is 0 Å². The molecule has 6 heteroatoms. The summed E-state index contributed by atoms with van der Waals surface area (Å²) in [5, 5.41) is 3.32. The molecule has 4 nitrogen and oxygen atoms in total. The van der Waals surface area contributed by atoms with Gasteiger partial charge in [0.1, 0.15) is 4.21 Å². The van der Waals surface area contributed by atoms with Gasteiger partial charge in [-0.25, -0.2) is 8.42 Å². The van der Waals surface area contributed by atoms with Crippen LogP contribution in [0.15, 0.2) is 16.3 Å². The van der Waals surface area contributed by atoms with Crippen LogP contribution in [0.1, 0.15) is 50.8 Å². The van der Waals surface area contributed by atoms with Crippen molar-refractivity contribution in [1.29, 1.82) is 0 Å². The molecule has 0 spiro atoms. The van der Waals surface area contributed by atoms with E-state index in [1.165, 1.54) is 17.8 Å². The van der Waals surface area contributed by atoms with Gasteiger partial charge >= 0.3 is 0 Å². The van der Waals surface area contributed by atoms with Crippen molar-refractivity contribution in [3.63, 3.8) is 0 Å². The number of nitrogens with one attached hydrogen (secondary N) is 1. The normalized spacial score (nSPS) is 17.8. The van der Waals surface area contributed by atoms with Crippen molar-refractivity contribution in [2.24, 2.45) is 0 Å². The minimum atomic E-state index is -3.33. The Hall–Kier alpha value is -0.430. The van der Waals surface area contributed by atoms with Crippen molar-refractivity contribution in [3.8, 4) is 0 Å². The second kappa shape index (κ2) is 7.22. The summed E-state index contributed by atoms with van der Waals surface area (Å²) in [5.74, 6) is 0. The van der Waals surface area contributed by atoms with Crippen LogP contribution in [0.25, 0.3) is 0 Å². The lowest BCUT2D eigenvalue weighted by atomic mass is 9.96. The predicted octanol–water partition coefficient (Wildman–Crippen LogP) is 3.20. The van der Waals surface area contributed by atoms with E-state index in [4.69, 9.17) is 0 Å². The summed E-state index contributed by atoms with van der Waals surface area (Å²) >= 11 is 1.38. The van der Waals surface area contributed by atoms with Crippen LogP contribution in [0.2, 0.25) is 0 Å². The summed E-state index contributed by atoms with van der Waals surface area (Å²) < 4.78 is 27.5. The van der Waals surface area contributed by atoms with E-state index in [2.05, 4.69) is 19.2 Å². The molecule has 1 aliphatic rings. The first-order valence-electron chi connectivity index (χ1n) is 7.71. The lowest BCUT2D eigenvalue weighted by molar-refractivity contribution is 0.286. The summed E-state index contributed by atoms with van der Waals surface area (Å²) in [4.78, 5) is 1.07. The topological polar surface area (TPSA) is 49.4 Å². The van der Waals surface area contributed by atoms with Gasteiger partial charge in [-0.1, -0.05) is 33.1 Å². The van der Waals surface area contributed by atoms with Gasteiger partial charge in [0.05, 0.1) is 0 Å². The number of nitrogens with zero attached hydrogens (tertiary/aromatic N) is 1. The van der Waals surface area contributed by atoms with Gasteiger partial charge in [-0.15, -0.1) is 11.3 Å². The zero-order valence-corrected chi connectivity index (χ0v) is 14.8. The highest BCUT2D eigenvalue weighted by molar-refractivity contribution is 7.91. The zero-order chi connectivity index (χ0) is 15.5. The quantitative estimate of drug-likeness (QED) is 0.871. The fourth-order valence-corrected chi connectivity index (χ4v) is 5.59. The SMILES string of the molecule is CC(C)NCc1ccc(S(=O)(=O)N(C)C2CCCCC2)s1. The zero-order valence-electron chi connectivity index (χ0n) is 13.1. The molecule has 1 aromatic rings. The van der Waals surface area contributed by atoms with Crippen LogP contribution in [0, 0.1) is 0 Å². The molecule has 0 amide bonds. The van der Waals surface area contributed by atoms with Crippen LogP contribution in [0.5, 0.6) is 0 Å². The molecule has 1 saturated carbocycles. The minimum Gasteiger partial charge on any atom is -0.310 e. The first kappa shape index (κ1) is 16.9. The van der Waals surface area contributed by atoms with Crippen molar-refractivity contribution >= 4 is 21.4 Å². The van der Waals surface area contributed by atoms with E-state index in [0.717, 1.165) is 37.1 Å². The maximum Gasteiger partial charge on any atom is 0.252 e. The van der Waals surface area contributed by atoms with Gasteiger partial charge in [-0.3, -0.25) is 0 Å². The largest absolute Gasteiger partial charge is 0.310 e. The molecule has 1 aliphatic carbocycles. The molecule has 0 unspecified atom stereocenters. The third kappa shape index (κ3) is 4.28. The average molecular weight is 331 g/mol. The van der Waals surface area contributed by atoms with E-state index in [0.29, 0.717) is 10.3 Å². The van der Waals surface area contributed by atoms with Crippen LogP contribution >= 0.6 is 11.3 Å². The number of hydrogen-bond acceptors (Lipinski definition) is 4. The molecule has 1 N–H and O–H groups in total. The number of rotatable bonds is 6. The molecule has 1 aromatic heterocycles. The molecule has 21 heavy (non-hydrogen) atoms. The van der Waals surface area contributed by atoms with Crippen molar-refractivity contribution in [2.75, 3.05) is 7.05 Å². The lowest BCUT2D eigenvalue weighted by Gasteiger charge is -2.29. The van der Waals surface area contributed by atoms with Gasteiger partial charge in [0.25, 0.3) is 10.0 Å². The highest BCUT2D eigenvalue weighted by Crippen LogP contribution is 2.29. The molecule has 2 rings (SSSR count). The molecule has 120 valence electrons. The summed E-state index contributed by atoms with van der Waals surface area (Å²) in [5.41, 5.74) is 0. The molecule has 0 bridgehead atoms. The molecule has 1 heterocycles. The van der Waals surface area contributed by atoms with E-state index in [1.54, 1.807) is 17.4 Å². The Bertz CT molecular complexity index is 546. The van der Waals surface area contributed by atoms with E-state index < -0.39 is 10.0 Å². The maximum atomic E-state index is 12.7. The second-order valence-electron chi connectivity index (χ2n) is 6.07. The first-order chi connectivity index (χ1) is 9.91. The number of hydrogen-bond donors (Lipinski definition) is 1. The second-order valence-corrected chi connectivity index (χ2v) is 9.46. The Morgan fingerprint density at radius 3 is 2.57 bits per heavy atom. The molecule has 1 fully saturated rings. The monoisotopic (exact) mass is 330 g/mol. The predicted molar refractivity (Wildman–Crippen MR) is 88.1 cm³/mol. The standard InChI is InChI=1S/C15H26N2O2S2/c1-12(2)16-11-14-9-10-15(20-14)21(18,19)17(3)13-7-5-4-6-8-13/h9-10,12-13,16H,4-8,11H2,1-3H3. The molecule has 0 saturated heterocycles. The van der Waals surface area contributed by atoms with Crippen molar-refractivity contribution in [2.45, 2.75) is 68.8 Å². The van der Waals surface area contributed by atoms with E-state index in [1.807, 2.05) is 6.07 Å². The maximum absolute atomic E-state index is 12.7. The minimum absolute atomic E-state index is 0.170. The molecule has 0 atom stereocenters. The van der Waals surface area contributed by atoms with Crippen LogP contribution in [-0.2, 0) is 16.6 Å². The highest BCUT2D eigenvalue weighted by Gasteiger charge is 2.30. The van der Waals surface area contributed by atoms with Crippen molar-refractivity contribution < 1.29 is 8.42 Å². The average Bonchev–Trinajstić information content (AvgIpc) is 2.95. The van der Waals surface area contributed by atoms with E-state index in [-0.39, 0.29) is 6.04 Å². The molecular formula is C15H26N2O2S2. The van der Waals surface area contributed by atoms with Crippen LogP contribution in [-0.4, -0.2) is 31.9 Å². The van der Waals surface area contributed by atoms with Gasteiger partial charge in [0.2, 0.25) is 0 Å². The fraction of sp³-hybridized carbons (Fsp3) is 0.733. The fourth-order valence-electron chi connectivity index (χ4n) is 2.68.